The van der Waals surface area contributed by atoms with Gasteiger partial charge in [0.2, 0.25) is 0 Å². The summed E-state index contributed by atoms with van der Waals surface area (Å²) in [4.78, 5) is 18.6. The molecule has 1 atom stereocenters. The van der Waals surface area contributed by atoms with E-state index in [0.717, 1.165) is 32.6 Å². The number of nitrogens with zero attached hydrogens (tertiary/aromatic N) is 2. The van der Waals surface area contributed by atoms with Gasteiger partial charge in [-0.05, 0) is 18.8 Å². The summed E-state index contributed by atoms with van der Waals surface area (Å²) in [6.07, 6.45) is 4.22. The third kappa shape index (κ3) is 3.14. The van der Waals surface area contributed by atoms with E-state index in [1.165, 1.54) is 6.33 Å². The van der Waals surface area contributed by atoms with Crippen molar-refractivity contribution in [3.63, 3.8) is 0 Å². The van der Waals surface area contributed by atoms with E-state index in [0.29, 0.717) is 23.6 Å². The number of hydrogen-bond donors (Lipinski definition) is 1. The van der Waals surface area contributed by atoms with Gasteiger partial charge in [-0.3, -0.25) is 4.79 Å². The molecule has 1 N–H and O–H groups in total. The van der Waals surface area contributed by atoms with Crippen molar-refractivity contribution in [3.05, 3.63) is 17.0 Å². The van der Waals surface area contributed by atoms with Crippen molar-refractivity contribution in [3.8, 4) is 0 Å². The monoisotopic (exact) mass is 255 g/mol. The Morgan fingerprint density at radius 2 is 2.47 bits per heavy atom. The first-order chi connectivity index (χ1) is 8.31. The van der Waals surface area contributed by atoms with Crippen molar-refractivity contribution in [2.75, 3.05) is 25.1 Å². The fourth-order valence-electron chi connectivity index (χ4n) is 1.83. The molecule has 0 radical (unpaired) electrons. The van der Waals surface area contributed by atoms with Gasteiger partial charge in [0.25, 0.3) is 0 Å². The molecule has 0 saturated carbocycles. The molecule has 1 aliphatic rings. The van der Waals surface area contributed by atoms with Gasteiger partial charge in [0, 0.05) is 13.2 Å². The first kappa shape index (κ1) is 12.3. The maximum absolute atomic E-state index is 10.9. The lowest BCUT2D eigenvalue weighted by Gasteiger charge is -2.22. The Bertz CT molecular complexity index is 394. The van der Waals surface area contributed by atoms with Crippen LogP contribution in [0.25, 0.3) is 0 Å². The Hall–Kier alpha value is -1.20. The number of nitrogens with one attached hydrogen (secondary N) is 1. The second kappa shape index (κ2) is 5.93. The van der Waals surface area contributed by atoms with Gasteiger partial charge in [0.05, 0.1) is 12.2 Å². The molecule has 1 aromatic rings. The molecule has 0 amide bonds. The van der Waals surface area contributed by atoms with Crippen molar-refractivity contribution in [1.82, 2.24) is 9.97 Å². The Labute approximate surface area is 105 Å². The van der Waals surface area contributed by atoms with Crippen LogP contribution in [0, 0.1) is 5.92 Å². The van der Waals surface area contributed by atoms with Crippen LogP contribution < -0.4 is 5.32 Å². The van der Waals surface area contributed by atoms with Crippen LogP contribution in [0.5, 0.6) is 0 Å². The molecule has 2 heterocycles. The zero-order chi connectivity index (χ0) is 12.1. The van der Waals surface area contributed by atoms with Gasteiger partial charge < -0.3 is 10.1 Å². The summed E-state index contributed by atoms with van der Waals surface area (Å²) in [5.41, 5.74) is 0.311. The quantitative estimate of drug-likeness (QED) is 0.656. The fraction of sp³-hybridized carbons (Fsp3) is 0.545. The smallest absolute Gasteiger partial charge is 0.156 e. The summed E-state index contributed by atoms with van der Waals surface area (Å²) in [5, 5.41) is 3.31. The first-order valence-corrected chi connectivity index (χ1v) is 5.96. The van der Waals surface area contributed by atoms with Crippen molar-refractivity contribution < 1.29 is 9.53 Å². The fourth-order valence-corrected chi connectivity index (χ4v) is 2.01. The summed E-state index contributed by atoms with van der Waals surface area (Å²) in [5.74, 6) is 0.947. The summed E-state index contributed by atoms with van der Waals surface area (Å²) in [6.45, 7) is 2.33. The molecule has 1 fully saturated rings. The van der Waals surface area contributed by atoms with Crippen LogP contribution in [0.2, 0.25) is 5.15 Å². The molecule has 1 unspecified atom stereocenters. The third-order valence-electron chi connectivity index (χ3n) is 2.77. The van der Waals surface area contributed by atoms with Crippen LogP contribution in [0.1, 0.15) is 23.2 Å². The number of rotatable bonds is 4. The molecule has 0 aliphatic carbocycles. The highest BCUT2D eigenvalue weighted by Crippen LogP contribution is 2.19. The molecule has 1 saturated heterocycles. The molecular weight excluding hydrogens is 242 g/mol. The van der Waals surface area contributed by atoms with Crippen LogP contribution in [0.4, 0.5) is 5.82 Å². The predicted octanol–water partition coefficient (Wildman–Crippen LogP) is 1.78. The Morgan fingerprint density at radius 1 is 1.59 bits per heavy atom. The van der Waals surface area contributed by atoms with Crippen LogP contribution in [0.15, 0.2) is 6.33 Å². The highest BCUT2D eigenvalue weighted by molar-refractivity contribution is 6.32. The predicted molar refractivity (Wildman–Crippen MR) is 64.5 cm³/mol. The molecule has 5 nitrogen and oxygen atoms in total. The number of carbonyl (C=O) groups is 1. The molecule has 1 aromatic heterocycles. The van der Waals surface area contributed by atoms with Crippen molar-refractivity contribution in [1.29, 1.82) is 0 Å². The Balaban J connectivity index is 1.98. The van der Waals surface area contributed by atoms with Crippen LogP contribution in [0.3, 0.4) is 0 Å². The summed E-state index contributed by atoms with van der Waals surface area (Å²) < 4.78 is 5.38. The standard InChI is InChI=1S/C11H14ClN3O2/c12-10-9(5-16)11(15-7-14-10)13-4-8-2-1-3-17-6-8/h5,7-8H,1-4,6H2,(H,13,14,15). The van der Waals surface area contributed by atoms with E-state index in [9.17, 15) is 4.79 Å². The molecule has 6 heteroatoms. The number of aldehydes is 1. The second-order valence-electron chi connectivity index (χ2n) is 4.01. The van der Waals surface area contributed by atoms with E-state index in [1.807, 2.05) is 0 Å². The van der Waals surface area contributed by atoms with E-state index < -0.39 is 0 Å². The minimum atomic E-state index is 0.178. The highest BCUT2D eigenvalue weighted by Gasteiger charge is 2.15. The maximum Gasteiger partial charge on any atom is 0.156 e. The first-order valence-electron chi connectivity index (χ1n) is 5.58. The molecule has 92 valence electrons. The Kier molecular flexibility index (Phi) is 4.28. The lowest BCUT2D eigenvalue weighted by atomic mass is 10.0. The highest BCUT2D eigenvalue weighted by atomic mass is 35.5. The zero-order valence-electron chi connectivity index (χ0n) is 9.36. The average molecular weight is 256 g/mol. The lowest BCUT2D eigenvalue weighted by molar-refractivity contribution is 0.0595. The van der Waals surface area contributed by atoms with Crippen LogP contribution in [-0.4, -0.2) is 36.0 Å². The maximum atomic E-state index is 10.9. The van der Waals surface area contributed by atoms with E-state index in [2.05, 4.69) is 15.3 Å². The lowest BCUT2D eigenvalue weighted by Crippen LogP contribution is -2.25. The molecule has 0 spiro atoms. The number of hydrogen-bond acceptors (Lipinski definition) is 5. The van der Waals surface area contributed by atoms with Crippen molar-refractivity contribution in [2.24, 2.45) is 5.92 Å². The summed E-state index contributed by atoms with van der Waals surface area (Å²) in [7, 11) is 0. The van der Waals surface area contributed by atoms with Crippen molar-refractivity contribution in [2.45, 2.75) is 12.8 Å². The van der Waals surface area contributed by atoms with Gasteiger partial charge in [0.15, 0.2) is 6.29 Å². The number of halogens is 1. The average Bonchev–Trinajstić information content (AvgIpc) is 2.37. The number of ether oxygens (including phenoxy) is 1. The van der Waals surface area contributed by atoms with Gasteiger partial charge in [-0.1, -0.05) is 11.6 Å². The molecule has 17 heavy (non-hydrogen) atoms. The third-order valence-corrected chi connectivity index (χ3v) is 3.07. The molecule has 0 bridgehead atoms. The second-order valence-corrected chi connectivity index (χ2v) is 4.37. The van der Waals surface area contributed by atoms with Gasteiger partial charge in [-0.25, -0.2) is 9.97 Å². The van der Waals surface area contributed by atoms with Crippen molar-refractivity contribution >= 4 is 23.7 Å². The number of carbonyl (C=O) groups excluding carboxylic acids is 1. The van der Waals surface area contributed by atoms with E-state index in [1.54, 1.807) is 0 Å². The number of aromatic nitrogens is 2. The van der Waals surface area contributed by atoms with Crippen LogP contribution >= 0.6 is 11.6 Å². The SMILES string of the molecule is O=Cc1c(Cl)ncnc1NCC1CCCOC1. The minimum Gasteiger partial charge on any atom is -0.381 e. The molecule has 0 aromatic carbocycles. The summed E-state index contributed by atoms with van der Waals surface area (Å²) >= 11 is 5.80. The van der Waals surface area contributed by atoms with Gasteiger partial charge in [0.1, 0.15) is 17.3 Å². The molecular formula is C11H14ClN3O2. The van der Waals surface area contributed by atoms with E-state index in [4.69, 9.17) is 16.3 Å². The van der Waals surface area contributed by atoms with E-state index in [-0.39, 0.29) is 5.15 Å². The number of anilines is 1. The van der Waals surface area contributed by atoms with Crippen LogP contribution in [-0.2, 0) is 4.74 Å². The van der Waals surface area contributed by atoms with Gasteiger partial charge in [-0.15, -0.1) is 0 Å². The normalized spacial score (nSPS) is 19.9. The zero-order valence-corrected chi connectivity index (χ0v) is 10.1. The Morgan fingerprint density at radius 3 is 3.18 bits per heavy atom. The van der Waals surface area contributed by atoms with Gasteiger partial charge >= 0.3 is 0 Å². The molecule has 1 aliphatic heterocycles. The largest absolute Gasteiger partial charge is 0.381 e. The minimum absolute atomic E-state index is 0.178. The van der Waals surface area contributed by atoms with Gasteiger partial charge in [-0.2, -0.15) is 0 Å². The van der Waals surface area contributed by atoms with E-state index >= 15 is 0 Å². The topological polar surface area (TPSA) is 64.1 Å². The molecule has 2 rings (SSSR count). The summed E-state index contributed by atoms with van der Waals surface area (Å²) in [6, 6.07) is 0.